The van der Waals surface area contributed by atoms with Crippen LogP contribution in [0.15, 0.2) is 42.0 Å². The quantitative estimate of drug-likeness (QED) is 0.826. The van der Waals surface area contributed by atoms with Crippen LogP contribution < -0.4 is 0 Å². The first kappa shape index (κ1) is 14.9. The van der Waals surface area contributed by atoms with Gasteiger partial charge in [0.15, 0.2) is 12.6 Å². The maximum atomic E-state index is 10.9. The Morgan fingerprint density at radius 2 is 1.71 bits per heavy atom. The van der Waals surface area contributed by atoms with E-state index in [0.717, 1.165) is 43.2 Å². The minimum atomic E-state index is 0.342. The molecule has 0 amide bonds. The van der Waals surface area contributed by atoms with E-state index in [0.29, 0.717) is 23.2 Å². The average Bonchev–Trinajstić information content (AvgIpc) is 3.30. The van der Waals surface area contributed by atoms with Crippen molar-refractivity contribution < 1.29 is 9.59 Å². The van der Waals surface area contributed by atoms with Crippen LogP contribution in [-0.4, -0.2) is 22.5 Å². The third kappa shape index (κ3) is 2.68. The van der Waals surface area contributed by atoms with Gasteiger partial charge in [-0.05, 0) is 67.0 Å². The first-order valence-electron chi connectivity index (χ1n) is 8.48. The van der Waals surface area contributed by atoms with Gasteiger partial charge in [0.05, 0.1) is 11.4 Å². The monoisotopic (exact) mass is 320 g/mol. The molecule has 2 atom stereocenters. The van der Waals surface area contributed by atoms with Crippen LogP contribution in [0.2, 0.25) is 0 Å². The van der Waals surface area contributed by atoms with E-state index < -0.39 is 0 Å². The van der Waals surface area contributed by atoms with Crippen molar-refractivity contribution in [3.8, 4) is 0 Å². The minimum absolute atomic E-state index is 0.342. The molecule has 2 aliphatic rings. The van der Waals surface area contributed by atoms with E-state index in [2.05, 4.69) is 22.1 Å². The van der Waals surface area contributed by atoms with Crippen LogP contribution in [0.25, 0.3) is 5.57 Å². The second-order valence-corrected chi connectivity index (χ2v) is 6.69. The SMILES string of the molecule is O=Cc1ccc(C2=CC3=C[C@@H](c4ccc(C=O)[nH]4)CC[C@H]3CC2)[nH]1. The molecule has 2 N–H and O–H groups in total. The van der Waals surface area contributed by atoms with Gasteiger partial charge in [-0.25, -0.2) is 0 Å². The topological polar surface area (TPSA) is 65.7 Å². The maximum Gasteiger partial charge on any atom is 0.166 e. The van der Waals surface area contributed by atoms with E-state index in [1.807, 2.05) is 24.3 Å². The Morgan fingerprint density at radius 1 is 0.917 bits per heavy atom. The number of hydrogen-bond donors (Lipinski definition) is 2. The molecule has 0 unspecified atom stereocenters. The van der Waals surface area contributed by atoms with E-state index in [1.54, 1.807) is 0 Å². The van der Waals surface area contributed by atoms with Crippen LogP contribution in [0.1, 0.15) is 64.0 Å². The number of rotatable bonds is 4. The fourth-order valence-electron chi connectivity index (χ4n) is 3.92. The fraction of sp³-hybridized carbons (Fsp3) is 0.300. The number of nitrogens with one attached hydrogen (secondary N) is 2. The number of aromatic amines is 2. The van der Waals surface area contributed by atoms with Gasteiger partial charge in [0.2, 0.25) is 0 Å². The van der Waals surface area contributed by atoms with Crippen LogP contribution in [0.5, 0.6) is 0 Å². The molecule has 4 rings (SSSR count). The van der Waals surface area contributed by atoms with E-state index in [1.165, 1.54) is 17.6 Å². The smallest absolute Gasteiger partial charge is 0.166 e. The number of carbonyl (C=O) groups excluding carboxylic acids is 2. The van der Waals surface area contributed by atoms with Gasteiger partial charge in [-0.2, -0.15) is 0 Å². The Hall–Kier alpha value is -2.62. The average molecular weight is 320 g/mol. The highest BCUT2D eigenvalue weighted by molar-refractivity contribution is 5.76. The van der Waals surface area contributed by atoms with Crippen molar-refractivity contribution in [3.63, 3.8) is 0 Å². The number of fused-ring (bicyclic) bond motifs is 1. The summed E-state index contributed by atoms with van der Waals surface area (Å²) in [5, 5.41) is 0. The van der Waals surface area contributed by atoms with Gasteiger partial charge in [0.1, 0.15) is 0 Å². The number of hydrogen-bond acceptors (Lipinski definition) is 2. The van der Waals surface area contributed by atoms with Gasteiger partial charge in [-0.15, -0.1) is 0 Å². The van der Waals surface area contributed by atoms with Crippen LogP contribution in [-0.2, 0) is 0 Å². The second-order valence-electron chi connectivity index (χ2n) is 6.69. The Morgan fingerprint density at radius 3 is 2.46 bits per heavy atom. The molecule has 0 saturated heterocycles. The molecule has 4 nitrogen and oxygen atoms in total. The Labute approximate surface area is 140 Å². The molecule has 122 valence electrons. The molecular weight excluding hydrogens is 300 g/mol. The molecule has 0 fully saturated rings. The number of aldehydes is 2. The van der Waals surface area contributed by atoms with Crippen LogP contribution in [0, 0.1) is 5.92 Å². The fourth-order valence-corrected chi connectivity index (χ4v) is 3.92. The molecule has 4 heteroatoms. The van der Waals surface area contributed by atoms with Crippen LogP contribution in [0.3, 0.4) is 0 Å². The molecule has 0 radical (unpaired) electrons. The number of aromatic nitrogens is 2. The van der Waals surface area contributed by atoms with Crippen molar-refractivity contribution in [2.24, 2.45) is 5.92 Å². The van der Waals surface area contributed by atoms with Crippen molar-refractivity contribution in [3.05, 3.63) is 64.8 Å². The highest BCUT2D eigenvalue weighted by Gasteiger charge is 2.27. The molecule has 2 aromatic heterocycles. The standard InChI is InChI=1S/C20H20N2O2/c23-11-17-5-7-19(21-17)14-3-1-13-2-4-15(10-16(13)9-14)20-8-6-18(12-24)22-20/h5-14,21-22H,1-4H2/t13-,14-/m0/s1. The van der Waals surface area contributed by atoms with E-state index >= 15 is 0 Å². The van der Waals surface area contributed by atoms with Gasteiger partial charge in [-0.1, -0.05) is 12.2 Å². The van der Waals surface area contributed by atoms with Gasteiger partial charge in [0.25, 0.3) is 0 Å². The van der Waals surface area contributed by atoms with Crippen molar-refractivity contribution in [2.45, 2.75) is 31.6 Å². The van der Waals surface area contributed by atoms with Crippen molar-refractivity contribution in [2.75, 3.05) is 0 Å². The van der Waals surface area contributed by atoms with Gasteiger partial charge >= 0.3 is 0 Å². The lowest BCUT2D eigenvalue weighted by molar-refractivity contribution is 0.111. The zero-order chi connectivity index (χ0) is 16.5. The summed E-state index contributed by atoms with van der Waals surface area (Å²) in [4.78, 5) is 28.1. The zero-order valence-corrected chi connectivity index (χ0v) is 13.4. The summed E-state index contributed by atoms with van der Waals surface area (Å²) in [5.74, 6) is 0.973. The van der Waals surface area contributed by atoms with Gasteiger partial charge in [-0.3, -0.25) is 9.59 Å². The van der Waals surface area contributed by atoms with Crippen molar-refractivity contribution >= 4 is 18.1 Å². The van der Waals surface area contributed by atoms with Crippen LogP contribution >= 0.6 is 0 Å². The summed E-state index contributed by atoms with van der Waals surface area (Å²) in [6.07, 6.45) is 10.8. The summed E-state index contributed by atoms with van der Waals surface area (Å²) < 4.78 is 0. The Balaban J connectivity index is 1.63. The van der Waals surface area contributed by atoms with Gasteiger partial charge in [0, 0.05) is 17.3 Å². The molecule has 0 aliphatic heterocycles. The predicted octanol–water partition coefficient (Wildman–Crippen LogP) is 4.27. The highest BCUT2D eigenvalue weighted by Crippen LogP contribution is 2.42. The lowest BCUT2D eigenvalue weighted by atomic mass is 9.74. The second kappa shape index (κ2) is 6.11. The summed E-state index contributed by atoms with van der Waals surface area (Å²) in [6, 6.07) is 7.67. The van der Waals surface area contributed by atoms with Crippen molar-refractivity contribution in [1.82, 2.24) is 9.97 Å². The summed E-state index contributed by atoms with van der Waals surface area (Å²) in [5.41, 5.74) is 6.08. The minimum Gasteiger partial charge on any atom is -0.356 e. The maximum absolute atomic E-state index is 10.9. The molecular formula is C20H20N2O2. The Bertz CT molecular complexity index is 837. The molecule has 0 saturated carbocycles. The molecule has 2 aliphatic carbocycles. The zero-order valence-electron chi connectivity index (χ0n) is 13.4. The van der Waals surface area contributed by atoms with E-state index in [-0.39, 0.29) is 0 Å². The first-order valence-corrected chi connectivity index (χ1v) is 8.48. The van der Waals surface area contributed by atoms with E-state index in [4.69, 9.17) is 0 Å². The Kier molecular flexibility index (Phi) is 3.81. The summed E-state index contributed by atoms with van der Waals surface area (Å²) >= 11 is 0. The number of allylic oxidation sites excluding steroid dienone is 4. The molecule has 0 bridgehead atoms. The third-order valence-electron chi connectivity index (χ3n) is 5.23. The normalized spacial score (nSPS) is 23.2. The molecule has 2 aromatic rings. The van der Waals surface area contributed by atoms with E-state index in [9.17, 15) is 9.59 Å². The number of H-pyrrole nitrogens is 2. The predicted molar refractivity (Wildman–Crippen MR) is 93.1 cm³/mol. The molecule has 24 heavy (non-hydrogen) atoms. The first-order chi connectivity index (χ1) is 11.8. The lowest BCUT2D eigenvalue weighted by Gasteiger charge is -2.31. The third-order valence-corrected chi connectivity index (χ3v) is 5.23. The summed E-state index contributed by atoms with van der Waals surface area (Å²) in [6.45, 7) is 0. The lowest BCUT2D eigenvalue weighted by Crippen LogP contribution is -2.16. The largest absolute Gasteiger partial charge is 0.356 e. The molecule has 0 aromatic carbocycles. The summed E-state index contributed by atoms with van der Waals surface area (Å²) in [7, 11) is 0. The molecule has 2 heterocycles. The van der Waals surface area contributed by atoms with Crippen molar-refractivity contribution in [1.29, 1.82) is 0 Å². The van der Waals surface area contributed by atoms with Gasteiger partial charge < -0.3 is 9.97 Å². The molecule has 0 spiro atoms. The highest BCUT2D eigenvalue weighted by atomic mass is 16.1. The number of carbonyl (C=O) groups is 2. The van der Waals surface area contributed by atoms with Crippen LogP contribution in [0.4, 0.5) is 0 Å².